The smallest absolute Gasteiger partial charge is 0.412 e. The fourth-order valence-electron chi connectivity index (χ4n) is 5.13. The zero-order chi connectivity index (χ0) is 35.0. The first-order chi connectivity index (χ1) is 22.8. The maximum atomic E-state index is 13.2. The first-order valence-electron chi connectivity index (χ1n) is 15.2. The number of ether oxygens (including phenoxy) is 2. The summed E-state index contributed by atoms with van der Waals surface area (Å²) in [6, 6.07) is 13.1. The number of carbonyl (C=O) groups is 3. The van der Waals surface area contributed by atoms with Gasteiger partial charge in [0.1, 0.15) is 17.2 Å². The minimum atomic E-state index is -1.06. The molecule has 252 valence electrons. The third-order valence-electron chi connectivity index (χ3n) is 7.56. The van der Waals surface area contributed by atoms with E-state index in [2.05, 4.69) is 45.5 Å². The fraction of sp³-hybridized carbons (Fsp3) is 0.286. The number of likely N-dealkylation sites (N-methyl/N-ethyl adjacent to an activating group) is 2. The Bertz CT molecular complexity index is 1830. The van der Waals surface area contributed by atoms with Gasteiger partial charge in [0, 0.05) is 75.1 Å². The Hall–Kier alpha value is -5.85. The second-order valence-corrected chi connectivity index (χ2v) is 11.7. The third kappa shape index (κ3) is 8.49. The molecule has 0 aliphatic heterocycles. The van der Waals surface area contributed by atoms with Crippen LogP contribution in [0.2, 0.25) is 0 Å². The molecule has 2 aromatic heterocycles. The summed E-state index contributed by atoms with van der Waals surface area (Å²) in [7, 11) is 4.65. The zero-order valence-electron chi connectivity index (χ0n) is 27.8. The average Bonchev–Trinajstić information content (AvgIpc) is 3.41. The zero-order valence-corrected chi connectivity index (χ0v) is 27.8. The van der Waals surface area contributed by atoms with E-state index in [1.807, 2.05) is 30.5 Å². The molecule has 0 atom stereocenters. The van der Waals surface area contributed by atoms with Crippen LogP contribution in [0.1, 0.15) is 19.7 Å². The highest BCUT2D eigenvalue weighted by Gasteiger charge is 2.27. The van der Waals surface area contributed by atoms with Crippen molar-refractivity contribution in [2.24, 2.45) is 0 Å². The number of anilines is 3. The summed E-state index contributed by atoms with van der Waals surface area (Å²) in [5, 5.41) is 15.7. The van der Waals surface area contributed by atoms with Crippen LogP contribution in [-0.2, 0) is 22.5 Å². The maximum absolute atomic E-state index is 13.2. The molecular weight excluding hydrogens is 614 g/mol. The molecule has 0 spiro atoms. The van der Waals surface area contributed by atoms with Gasteiger partial charge in [-0.15, -0.1) is 6.58 Å². The topological polar surface area (TPSA) is 151 Å². The van der Waals surface area contributed by atoms with E-state index in [4.69, 9.17) is 14.5 Å². The quantitative estimate of drug-likeness (QED) is 0.109. The van der Waals surface area contributed by atoms with Gasteiger partial charge in [0.15, 0.2) is 0 Å². The van der Waals surface area contributed by atoms with Gasteiger partial charge in [-0.2, -0.15) is 0 Å². The number of para-hydroxylation sites is 1. The number of carbonyl (C=O) groups excluding carboxylic acids is 2. The molecule has 4 rings (SSSR count). The van der Waals surface area contributed by atoms with E-state index in [0.29, 0.717) is 36.0 Å². The molecule has 3 N–H and O–H groups in total. The molecule has 0 aliphatic carbocycles. The molecule has 2 aromatic carbocycles. The van der Waals surface area contributed by atoms with Gasteiger partial charge < -0.3 is 34.3 Å². The normalized spacial score (nSPS) is 11.0. The van der Waals surface area contributed by atoms with Crippen molar-refractivity contribution in [3.63, 3.8) is 0 Å². The number of aromatic nitrogens is 3. The van der Waals surface area contributed by atoms with Crippen LogP contribution >= 0.6 is 0 Å². The van der Waals surface area contributed by atoms with Crippen LogP contribution in [0.25, 0.3) is 22.2 Å². The van der Waals surface area contributed by atoms with Gasteiger partial charge in [-0.1, -0.05) is 30.9 Å². The fourth-order valence-corrected chi connectivity index (χ4v) is 5.13. The van der Waals surface area contributed by atoms with Crippen molar-refractivity contribution < 1.29 is 29.0 Å². The number of hydrogen-bond donors (Lipinski definition) is 3. The predicted molar refractivity (Wildman–Crippen MR) is 187 cm³/mol. The van der Waals surface area contributed by atoms with Crippen LogP contribution in [0, 0.1) is 0 Å². The van der Waals surface area contributed by atoms with Crippen molar-refractivity contribution in [1.29, 1.82) is 0 Å². The lowest BCUT2D eigenvalue weighted by molar-refractivity contribution is -0.111. The predicted octanol–water partition coefficient (Wildman–Crippen LogP) is 6.03. The number of methoxy groups -OCH3 is 1. The number of benzene rings is 2. The number of rotatable bonds is 14. The summed E-state index contributed by atoms with van der Waals surface area (Å²) in [6.07, 6.45) is 5.11. The van der Waals surface area contributed by atoms with E-state index < -0.39 is 23.7 Å². The molecule has 13 nitrogen and oxygen atoms in total. The lowest BCUT2D eigenvalue weighted by Gasteiger charge is -2.27. The van der Waals surface area contributed by atoms with Crippen LogP contribution in [-0.4, -0.2) is 82.5 Å². The molecular formula is C35H41N7O6. The third-order valence-corrected chi connectivity index (χ3v) is 7.56. The molecule has 0 unspecified atom stereocenters. The minimum absolute atomic E-state index is 0.204. The van der Waals surface area contributed by atoms with Gasteiger partial charge in [0.2, 0.25) is 5.91 Å². The molecule has 13 heteroatoms. The monoisotopic (exact) mass is 655 g/mol. The van der Waals surface area contributed by atoms with Gasteiger partial charge in [-0.3, -0.25) is 10.1 Å². The molecule has 4 aromatic rings. The molecule has 48 heavy (non-hydrogen) atoms. The van der Waals surface area contributed by atoms with Crippen molar-refractivity contribution >= 4 is 46.1 Å². The Morgan fingerprint density at radius 2 is 1.81 bits per heavy atom. The summed E-state index contributed by atoms with van der Waals surface area (Å²) in [5.41, 5.74) is 2.88. The van der Waals surface area contributed by atoms with Gasteiger partial charge in [0.25, 0.3) is 0 Å². The Morgan fingerprint density at radius 1 is 1.06 bits per heavy atom. The number of fused-ring (bicyclic) bond motifs is 1. The van der Waals surface area contributed by atoms with E-state index in [9.17, 15) is 19.5 Å². The second kappa shape index (κ2) is 15.2. The van der Waals surface area contributed by atoms with Gasteiger partial charge in [-0.25, -0.2) is 19.6 Å². The van der Waals surface area contributed by atoms with Crippen molar-refractivity contribution in [3.05, 3.63) is 86.0 Å². The molecule has 0 radical (unpaired) electrons. The molecule has 0 saturated carbocycles. The van der Waals surface area contributed by atoms with Crippen LogP contribution in [0.4, 0.5) is 26.7 Å². The van der Waals surface area contributed by atoms with Crippen LogP contribution in [0.15, 0.2) is 80.2 Å². The first-order valence-corrected chi connectivity index (χ1v) is 15.2. The molecule has 2 heterocycles. The molecule has 0 bridgehead atoms. The lowest BCUT2D eigenvalue weighted by atomic mass is 10.0. The summed E-state index contributed by atoms with van der Waals surface area (Å²) in [4.78, 5) is 48.9. The lowest BCUT2D eigenvalue weighted by Crippen LogP contribution is -2.34. The van der Waals surface area contributed by atoms with Crippen molar-refractivity contribution in [2.45, 2.75) is 32.4 Å². The van der Waals surface area contributed by atoms with E-state index in [1.54, 1.807) is 38.1 Å². The second-order valence-electron chi connectivity index (χ2n) is 11.7. The molecule has 0 saturated heterocycles. The largest absolute Gasteiger partial charge is 0.494 e. The molecule has 0 aliphatic rings. The summed E-state index contributed by atoms with van der Waals surface area (Å²) >= 11 is 0. The maximum Gasteiger partial charge on any atom is 0.412 e. The highest BCUT2D eigenvalue weighted by Crippen LogP contribution is 2.37. The van der Waals surface area contributed by atoms with Crippen molar-refractivity contribution in [1.82, 2.24) is 19.4 Å². The number of allylic oxidation sites excluding steroid dienone is 1. The van der Waals surface area contributed by atoms with Crippen molar-refractivity contribution in [2.75, 3.05) is 49.8 Å². The van der Waals surface area contributed by atoms with E-state index in [-0.39, 0.29) is 18.7 Å². The highest BCUT2D eigenvalue weighted by molar-refractivity contribution is 6.03. The Kier molecular flexibility index (Phi) is 11.1. The van der Waals surface area contributed by atoms with Crippen LogP contribution in [0.5, 0.6) is 5.75 Å². The van der Waals surface area contributed by atoms with Crippen LogP contribution in [0.3, 0.4) is 0 Å². The molecule has 0 fully saturated rings. The highest BCUT2D eigenvalue weighted by atomic mass is 16.6. The van der Waals surface area contributed by atoms with Crippen LogP contribution < -0.4 is 20.3 Å². The SMILES string of the molecule is C=CCn1cc(-c2ccnc(CC(C)(C)OC(=O)Nc3cc(NC(=O)C=C)c(N(C)CCN(C)C(=O)O)cc3OC)n2)c2ccccc21. The summed E-state index contributed by atoms with van der Waals surface area (Å²) < 4.78 is 13.5. The number of nitrogens with zero attached hydrogens (tertiary/aromatic N) is 5. The number of nitrogens with one attached hydrogen (secondary N) is 2. The standard InChI is InChI=1S/C35H41N7O6/c1-8-16-42-22-24(23-12-10-11-13-28(23)42)25-14-15-36-31(37-25)21-35(3,4)48-33(44)39-27-19-26(38-32(43)9-2)29(20-30(27)47-7)40(5)17-18-41(6)34(45)46/h8-15,19-20,22H,1-2,16-18,21H2,3-7H3,(H,38,43)(H,39,44)(H,45,46). The Balaban J connectivity index is 1.53. The average molecular weight is 656 g/mol. The number of carboxylic acid groups (broad SMARTS) is 1. The van der Waals surface area contributed by atoms with Gasteiger partial charge in [-0.05, 0) is 38.1 Å². The molecule has 3 amide bonds. The number of hydrogen-bond acceptors (Lipinski definition) is 8. The van der Waals surface area contributed by atoms with Gasteiger partial charge >= 0.3 is 12.2 Å². The number of amides is 3. The van der Waals surface area contributed by atoms with Crippen molar-refractivity contribution in [3.8, 4) is 17.0 Å². The Morgan fingerprint density at radius 3 is 2.50 bits per heavy atom. The Labute approximate surface area is 279 Å². The summed E-state index contributed by atoms with van der Waals surface area (Å²) in [6.45, 7) is 12.1. The van der Waals surface area contributed by atoms with E-state index in [1.165, 1.54) is 20.2 Å². The first kappa shape index (κ1) is 35.0. The van der Waals surface area contributed by atoms with E-state index >= 15 is 0 Å². The van der Waals surface area contributed by atoms with E-state index in [0.717, 1.165) is 33.1 Å². The minimum Gasteiger partial charge on any atom is -0.494 e. The van der Waals surface area contributed by atoms with Gasteiger partial charge in [0.05, 0.1) is 29.9 Å². The summed E-state index contributed by atoms with van der Waals surface area (Å²) in [5.74, 6) is 0.319.